The van der Waals surface area contributed by atoms with Crippen molar-refractivity contribution in [2.24, 2.45) is 11.8 Å². The number of likely N-dealkylation sites (N-methyl/N-ethyl adjacent to an activating group) is 1. The first-order valence-electron chi connectivity index (χ1n) is 9.07. The summed E-state index contributed by atoms with van der Waals surface area (Å²) in [7, 11) is 2.41. The minimum Gasteiger partial charge on any atom is -0.312 e. The zero-order valence-corrected chi connectivity index (χ0v) is 14.2. The summed E-state index contributed by atoms with van der Waals surface area (Å²) < 4.78 is 0. The summed E-state index contributed by atoms with van der Waals surface area (Å²) >= 11 is 0. The van der Waals surface area contributed by atoms with Crippen LogP contribution in [0.4, 0.5) is 0 Å². The second-order valence-corrected chi connectivity index (χ2v) is 7.64. The van der Waals surface area contributed by atoms with E-state index >= 15 is 0 Å². The van der Waals surface area contributed by atoms with E-state index in [1.807, 2.05) is 0 Å². The fourth-order valence-electron chi connectivity index (χ4n) is 4.41. The highest BCUT2D eigenvalue weighted by Crippen LogP contribution is 2.33. The molecule has 2 aliphatic carbocycles. The van der Waals surface area contributed by atoms with E-state index in [0.29, 0.717) is 0 Å². The van der Waals surface area contributed by atoms with Crippen molar-refractivity contribution in [3.8, 4) is 0 Å². The Labute approximate surface area is 126 Å². The molecule has 0 aromatic heterocycles. The largest absolute Gasteiger partial charge is 0.312 e. The minimum atomic E-state index is 0.730. The van der Waals surface area contributed by atoms with Crippen molar-refractivity contribution in [3.05, 3.63) is 0 Å². The molecule has 118 valence electrons. The van der Waals surface area contributed by atoms with E-state index < -0.39 is 0 Å². The molecule has 2 heteroatoms. The van der Waals surface area contributed by atoms with Crippen LogP contribution in [0.3, 0.4) is 0 Å². The second-order valence-electron chi connectivity index (χ2n) is 7.64. The molecule has 2 saturated carbocycles. The lowest BCUT2D eigenvalue weighted by Gasteiger charge is -2.46. The standard InChI is InChI=1S/C18H36N2/c1-5-11-19-17-10-9-15(3)13-18(17)20(4)16-8-6-7-14(2)12-16/h14-19H,5-13H2,1-4H3. The molecule has 0 aliphatic heterocycles. The number of hydrogen-bond acceptors (Lipinski definition) is 2. The lowest BCUT2D eigenvalue weighted by Crippen LogP contribution is -2.55. The summed E-state index contributed by atoms with van der Waals surface area (Å²) in [6.07, 6.45) is 11.2. The lowest BCUT2D eigenvalue weighted by molar-refractivity contribution is 0.0610. The third kappa shape index (κ3) is 4.21. The van der Waals surface area contributed by atoms with Crippen LogP contribution < -0.4 is 5.32 Å². The van der Waals surface area contributed by atoms with Crippen molar-refractivity contribution in [1.29, 1.82) is 0 Å². The molecule has 0 bridgehead atoms. The summed E-state index contributed by atoms with van der Waals surface area (Å²) in [6.45, 7) is 8.35. The van der Waals surface area contributed by atoms with E-state index in [1.165, 1.54) is 57.9 Å². The Morgan fingerprint density at radius 2 is 1.75 bits per heavy atom. The van der Waals surface area contributed by atoms with Crippen molar-refractivity contribution in [2.75, 3.05) is 13.6 Å². The summed E-state index contributed by atoms with van der Waals surface area (Å²) in [5, 5.41) is 3.83. The van der Waals surface area contributed by atoms with Gasteiger partial charge in [0.25, 0.3) is 0 Å². The van der Waals surface area contributed by atoms with E-state index in [1.54, 1.807) is 0 Å². The van der Waals surface area contributed by atoms with Crippen LogP contribution in [0.25, 0.3) is 0 Å². The zero-order chi connectivity index (χ0) is 14.5. The van der Waals surface area contributed by atoms with Crippen LogP contribution in [0.1, 0.15) is 72.1 Å². The maximum atomic E-state index is 3.83. The van der Waals surface area contributed by atoms with Gasteiger partial charge in [-0.1, -0.05) is 33.6 Å². The van der Waals surface area contributed by atoms with Gasteiger partial charge in [0.1, 0.15) is 0 Å². The van der Waals surface area contributed by atoms with Gasteiger partial charge in [-0.05, 0) is 64.0 Å². The Balaban J connectivity index is 1.97. The molecule has 2 rings (SSSR count). The molecule has 0 aromatic rings. The molecule has 0 radical (unpaired) electrons. The van der Waals surface area contributed by atoms with Gasteiger partial charge in [0, 0.05) is 18.1 Å². The second kappa shape index (κ2) is 7.79. The van der Waals surface area contributed by atoms with E-state index in [9.17, 15) is 0 Å². The predicted molar refractivity (Wildman–Crippen MR) is 88.1 cm³/mol. The van der Waals surface area contributed by atoms with Crippen LogP contribution in [-0.2, 0) is 0 Å². The van der Waals surface area contributed by atoms with Crippen molar-refractivity contribution < 1.29 is 0 Å². The minimum absolute atomic E-state index is 0.730. The highest BCUT2D eigenvalue weighted by Gasteiger charge is 2.35. The molecule has 0 aromatic carbocycles. The van der Waals surface area contributed by atoms with Gasteiger partial charge >= 0.3 is 0 Å². The van der Waals surface area contributed by atoms with Crippen LogP contribution in [0, 0.1) is 11.8 Å². The normalized spacial score (nSPS) is 39.1. The van der Waals surface area contributed by atoms with Crippen molar-refractivity contribution in [1.82, 2.24) is 10.2 Å². The van der Waals surface area contributed by atoms with E-state index in [-0.39, 0.29) is 0 Å². The van der Waals surface area contributed by atoms with E-state index in [0.717, 1.165) is 30.0 Å². The maximum Gasteiger partial charge on any atom is 0.0251 e. The Kier molecular flexibility index (Phi) is 6.35. The number of rotatable bonds is 5. The Morgan fingerprint density at radius 3 is 2.45 bits per heavy atom. The van der Waals surface area contributed by atoms with Gasteiger partial charge in [-0.2, -0.15) is 0 Å². The molecule has 5 atom stereocenters. The monoisotopic (exact) mass is 280 g/mol. The molecule has 2 nitrogen and oxygen atoms in total. The summed E-state index contributed by atoms with van der Waals surface area (Å²) in [6, 6.07) is 2.33. The molecular weight excluding hydrogens is 244 g/mol. The Hall–Kier alpha value is -0.0800. The SMILES string of the molecule is CCCNC1CCC(C)CC1N(C)C1CCCC(C)C1. The molecule has 20 heavy (non-hydrogen) atoms. The average Bonchev–Trinajstić information content (AvgIpc) is 2.45. The molecule has 0 saturated heterocycles. The van der Waals surface area contributed by atoms with E-state index in [4.69, 9.17) is 0 Å². The maximum absolute atomic E-state index is 3.83. The molecule has 0 heterocycles. The van der Waals surface area contributed by atoms with Crippen LogP contribution in [0.15, 0.2) is 0 Å². The van der Waals surface area contributed by atoms with Gasteiger partial charge in [0.15, 0.2) is 0 Å². The Bertz CT molecular complexity index is 277. The zero-order valence-electron chi connectivity index (χ0n) is 14.2. The number of nitrogens with zero attached hydrogens (tertiary/aromatic N) is 1. The first kappa shape index (κ1) is 16.3. The van der Waals surface area contributed by atoms with E-state index in [2.05, 4.69) is 38.0 Å². The fraction of sp³-hybridized carbons (Fsp3) is 1.00. The molecule has 1 N–H and O–H groups in total. The molecule has 2 aliphatic rings. The Morgan fingerprint density at radius 1 is 1.00 bits per heavy atom. The van der Waals surface area contributed by atoms with Gasteiger partial charge in [0.2, 0.25) is 0 Å². The van der Waals surface area contributed by atoms with Crippen molar-refractivity contribution in [3.63, 3.8) is 0 Å². The first-order chi connectivity index (χ1) is 9.61. The third-order valence-electron chi connectivity index (χ3n) is 5.74. The molecular formula is C18H36N2. The van der Waals surface area contributed by atoms with Gasteiger partial charge in [-0.15, -0.1) is 0 Å². The number of nitrogens with one attached hydrogen (secondary N) is 1. The smallest absolute Gasteiger partial charge is 0.0251 e. The number of hydrogen-bond donors (Lipinski definition) is 1. The van der Waals surface area contributed by atoms with Gasteiger partial charge in [0.05, 0.1) is 0 Å². The molecule has 0 amide bonds. The van der Waals surface area contributed by atoms with Crippen LogP contribution in [0.5, 0.6) is 0 Å². The third-order valence-corrected chi connectivity index (χ3v) is 5.74. The van der Waals surface area contributed by atoms with Gasteiger partial charge < -0.3 is 5.32 Å². The van der Waals surface area contributed by atoms with Crippen LogP contribution in [0.2, 0.25) is 0 Å². The topological polar surface area (TPSA) is 15.3 Å². The predicted octanol–water partition coefficient (Wildman–Crippen LogP) is 4.05. The fourth-order valence-corrected chi connectivity index (χ4v) is 4.41. The van der Waals surface area contributed by atoms with Gasteiger partial charge in [-0.25, -0.2) is 0 Å². The highest BCUT2D eigenvalue weighted by molar-refractivity contribution is 4.92. The summed E-state index contributed by atoms with van der Waals surface area (Å²) in [5.41, 5.74) is 0. The molecule has 2 fully saturated rings. The highest BCUT2D eigenvalue weighted by atomic mass is 15.2. The van der Waals surface area contributed by atoms with Crippen LogP contribution >= 0.6 is 0 Å². The summed E-state index contributed by atoms with van der Waals surface area (Å²) in [4.78, 5) is 2.76. The van der Waals surface area contributed by atoms with Crippen LogP contribution in [-0.4, -0.2) is 36.6 Å². The van der Waals surface area contributed by atoms with Crippen molar-refractivity contribution in [2.45, 2.75) is 90.3 Å². The average molecular weight is 280 g/mol. The lowest BCUT2D eigenvalue weighted by atomic mass is 9.80. The summed E-state index contributed by atoms with van der Waals surface area (Å²) in [5.74, 6) is 1.84. The van der Waals surface area contributed by atoms with Gasteiger partial charge in [-0.3, -0.25) is 4.90 Å². The van der Waals surface area contributed by atoms with Crippen molar-refractivity contribution >= 4 is 0 Å². The first-order valence-corrected chi connectivity index (χ1v) is 9.07. The molecule has 0 spiro atoms. The quantitative estimate of drug-likeness (QED) is 0.817. The molecule has 5 unspecified atom stereocenters.